The number of benzene rings is 2. The first kappa shape index (κ1) is 17.2. The van der Waals surface area contributed by atoms with E-state index in [-0.39, 0.29) is 18.4 Å². The lowest BCUT2D eigenvalue weighted by Crippen LogP contribution is -2.52. The number of nitrogens with zero attached hydrogens (tertiary/aromatic N) is 1. The van der Waals surface area contributed by atoms with Crippen LogP contribution in [-0.2, 0) is 20.9 Å². The van der Waals surface area contributed by atoms with Gasteiger partial charge in [0.2, 0.25) is 5.91 Å². The lowest BCUT2D eigenvalue weighted by Gasteiger charge is -2.38. The van der Waals surface area contributed by atoms with Crippen LogP contribution in [0, 0.1) is 6.92 Å². The molecule has 2 aromatic rings. The highest BCUT2D eigenvalue weighted by Gasteiger charge is 2.39. The summed E-state index contributed by atoms with van der Waals surface area (Å²) in [6.45, 7) is 2.37. The number of carbonyl (C=O) groups excluding carboxylic acids is 2. The standard InChI is InChI=1S/C20H22N2O3/c1-14-8-6-7-11-16(14)12-21-20(24)19-18(15-9-4-3-5-10-15)22(2)17(23)13-25-19/h3-11,18-19H,12-13H2,1-2H3,(H,21,24)/t18-,19+/m0/s1. The Bertz CT molecular complexity index is 761. The summed E-state index contributed by atoms with van der Waals surface area (Å²) in [7, 11) is 1.71. The smallest absolute Gasteiger partial charge is 0.251 e. The third kappa shape index (κ3) is 3.72. The van der Waals surface area contributed by atoms with Gasteiger partial charge in [0.1, 0.15) is 6.61 Å². The molecule has 0 spiro atoms. The van der Waals surface area contributed by atoms with Crippen LogP contribution in [0.4, 0.5) is 0 Å². The van der Waals surface area contributed by atoms with E-state index < -0.39 is 12.1 Å². The van der Waals surface area contributed by atoms with Crippen molar-refractivity contribution < 1.29 is 14.3 Å². The third-order valence-electron chi connectivity index (χ3n) is 4.60. The number of morpholine rings is 1. The Morgan fingerprint density at radius 1 is 1.16 bits per heavy atom. The molecule has 0 saturated carbocycles. The van der Waals surface area contributed by atoms with Crippen LogP contribution in [0.2, 0.25) is 0 Å². The fourth-order valence-electron chi connectivity index (χ4n) is 3.07. The van der Waals surface area contributed by atoms with Gasteiger partial charge in [0.15, 0.2) is 6.10 Å². The van der Waals surface area contributed by atoms with Crippen LogP contribution in [0.5, 0.6) is 0 Å². The number of hydrogen-bond acceptors (Lipinski definition) is 3. The Labute approximate surface area is 147 Å². The lowest BCUT2D eigenvalue weighted by atomic mass is 9.97. The van der Waals surface area contributed by atoms with Crippen LogP contribution in [0.15, 0.2) is 54.6 Å². The van der Waals surface area contributed by atoms with Gasteiger partial charge in [-0.3, -0.25) is 9.59 Å². The van der Waals surface area contributed by atoms with E-state index in [1.165, 1.54) is 0 Å². The minimum absolute atomic E-state index is 0.0811. The number of likely N-dealkylation sites (N-methyl/N-ethyl adjacent to an activating group) is 1. The Morgan fingerprint density at radius 3 is 2.56 bits per heavy atom. The molecular weight excluding hydrogens is 316 g/mol. The molecule has 5 nitrogen and oxygen atoms in total. The molecule has 5 heteroatoms. The zero-order chi connectivity index (χ0) is 17.8. The maximum Gasteiger partial charge on any atom is 0.251 e. The number of carbonyl (C=O) groups is 2. The number of nitrogens with one attached hydrogen (secondary N) is 1. The molecule has 25 heavy (non-hydrogen) atoms. The molecule has 1 N–H and O–H groups in total. The highest BCUT2D eigenvalue weighted by molar-refractivity contribution is 5.86. The number of hydrogen-bond donors (Lipinski definition) is 1. The summed E-state index contributed by atoms with van der Waals surface area (Å²) in [4.78, 5) is 26.4. The maximum absolute atomic E-state index is 12.7. The Morgan fingerprint density at radius 2 is 1.84 bits per heavy atom. The van der Waals surface area contributed by atoms with Gasteiger partial charge in [-0.2, -0.15) is 0 Å². The summed E-state index contributed by atoms with van der Waals surface area (Å²) in [5.41, 5.74) is 3.07. The summed E-state index contributed by atoms with van der Waals surface area (Å²) in [6, 6.07) is 17.0. The summed E-state index contributed by atoms with van der Waals surface area (Å²) < 4.78 is 5.60. The second-order valence-corrected chi connectivity index (χ2v) is 6.24. The Balaban J connectivity index is 1.77. The Hall–Kier alpha value is -2.66. The average Bonchev–Trinajstić information content (AvgIpc) is 2.63. The second kappa shape index (κ2) is 7.49. The molecule has 0 aromatic heterocycles. The first-order valence-electron chi connectivity index (χ1n) is 8.32. The van der Waals surface area contributed by atoms with Crippen LogP contribution in [0.25, 0.3) is 0 Å². The molecule has 1 fully saturated rings. The summed E-state index contributed by atoms with van der Waals surface area (Å²) in [5, 5.41) is 2.94. The van der Waals surface area contributed by atoms with E-state index in [4.69, 9.17) is 4.74 Å². The highest BCUT2D eigenvalue weighted by Crippen LogP contribution is 2.29. The van der Waals surface area contributed by atoms with Gasteiger partial charge in [0.25, 0.3) is 5.91 Å². The minimum atomic E-state index is -0.728. The average molecular weight is 338 g/mol. The van der Waals surface area contributed by atoms with Crippen molar-refractivity contribution in [3.05, 3.63) is 71.3 Å². The molecule has 2 atom stereocenters. The van der Waals surface area contributed by atoms with Crippen molar-refractivity contribution in [1.82, 2.24) is 10.2 Å². The van der Waals surface area contributed by atoms with Gasteiger partial charge in [-0.15, -0.1) is 0 Å². The lowest BCUT2D eigenvalue weighted by molar-refractivity contribution is -0.162. The largest absolute Gasteiger partial charge is 0.356 e. The molecule has 1 saturated heterocycles. The molecule has 1 heterocycles. The van der Waals surface area contributed by atoms with Crippen molar-refractivity contribution in [2.45, 2.75) is 25.6 Å². The van der Waals surface area contributed by atoms with E-state index in [1.54, 1.807) is 11.9 Å². The van der Waals surface area contributed by atoms with Gasteiger partial charge in [0, 0.05) is 13.6 Å². The van der Waals surface area contributed by atoms with Crippen molar-refractivity contribution in [3.63, 3.8) is 0 Å². The van der Waals surface area contributed by atoms with Crippen molar-refractivity contribution in [3.8, 4) is 0 Å². The maximum atomic E-state index is 12.7. The number of amides is 2. The summed E-state index contributed by atoms with van der Waals surface area (Å²) >= 11 is 0. The molecule has 3 rings (SSSR count). The first-order valence-corrected chi connectivity index (χ1v) is 8.32. The monoisotopic (exact) mass is 338 g/mol. The van der Waals surface area contributed by atoms with Gasteiger partial charge in [0.05, 0.1) is 6.04 Å². The van der Waals surface area contributed by atoms with Crippen molar-refractivity contribution in [2.24, 2.45) is 0 Å². The minimum Gasteiger partial charge on any atom is -0.356 e. The predicted octanol–water partition coefficient (Wildman–Crippen LogP) is 2.21. The van der Waals surface area contributed by atoms with Gasteiger partial charge < -0.3 is 15.0 Å². The predicted molar refractivity (Wildman–Crippen MR) is 94.7 cm³/mol. The van der Waals surface area contributed by atoms with E-state index in [0.29, 0.717) is 6.54 Å². The first-order chi connectivity index (χ1) is 12.1. The zero-order valence-corrected chi connectivity index (χ0v) is 14.4. The second-order valence-electron chi connectivity index (χ2n) is 6.24. The van der Waals surface area contributed by atoms with Crippen LogP contribution in [0.1, 0.15) is 22.7 Å². The molecule has 130 valence electrons. The van der Waals surface area contributed by atoms with E-state index in [0.717, 1.165) is 16.7 Å². The topological polar surface area (TPSA) is 58.6 Å². The molecule has 2 aromatic carbocycles. The van der Waals surface area contributed by atoms with Crippen molar-refractivity contribution >= 4 is 11.8 Å². The third-order valence-corrected chi connectivity index (χ3v) is 4.60. The van der Waals surface area contributed by atoms with Crippen LogP contribution >= 0.6 is 0 Å². The van der Waals surface area contributed by atoms with Crippen LogP contribution < -0.4 is 5.32 Å². The zero-order valence-electron chi connectivity index (χ0n) is 14.4. The molecule has 0 radical (unpaired) electrons. The Kier molecular flexibility index (Phi) is 5.14. The van der Waals surface area contributed by atoms with E-state index in [2.05, 4.69) is 5.32 Å². The van der Waals surface area contributed by atoms with E-state index in [9.17, 15) is 9.59 Å². The van der Waals surface area contributed by atoms with Crippen molar-refractivity contribution in [1.29, 1.82) is 0 Å². The van der Waals surface area contributed by atoms with E-state index >= 15 is 0 Å². The van der Waals surface area contributed by atoms with Gasteiger partial charge in [-0.25, -0.2) is 0 Å². The summed E-state index contributed by atoms with van der Waals surface area (Å²) in [6.07, 6.45) is -0.728. The van der Waals surface area contributed by atoms with Gasteiger partial charge in [-0.05, 0) is 23.6 Å². The van der Waals surface area contributed by atoms with Gasteiger partial charge >= 0.3 is 0 Å². The molecular formula is C20H22N2O3. The molecule has 2 amide bonds. The van der Waals surface area contributed by atoms with Crippen molar-refractivity contribution in [2.75, 3.05) is 13.7 Å². The summed E-state index contributed by atoms with van der Waals surface area (Å²) in [5.74, 6) is -0.340. The normalized spacial score (nSPS) is 20.4. The number of rotatable bonds is 4. The molecule has 1 aliphatic heterocycles. The molecule has 0 unspecified atom stereocenters. The highest BCUT2D eigenvalue weighted by atomic mass is 16.5. The molecule has 1 aliphatic rings. The fourth-order valence-corrected chi connectivity index (χ4v) is 3.07. The molecule has 0 bridgehead atoms. The molecule has 0 aliphatic carbocycles. The van der Waals surface area contributed by atoms with E-state index in [1.807, 2.05) is 61.5 Å². The number of ether oxygens (including phenoxy) is 1. The number of aryl methyl sites for hydroxylation is 1. The van der Waals surface area contributed by atoms with Gasteiger partial charge in [-0.1, -0.05) is 54.6 Å². The quantitative estimate of drug-likeness (QED) is 0.930. The van der Waals surface area contributed by atoms with Crippen LogP contribution in [-0.4, -0.2) is 36.5 Å². The van der Waals surface area contributed by atoms with Crippen LogP contribution in [0.3, 0.4) is 0 Å². The SMILES string of the molecule is Cc1ccccc1CNC(=O)[C@@H]1OCC(=O)N(C)[C@H]1c1ccccc1. The fraction of sp³-hybridized carbons (Fsp3) is 0.300.